The van der Waals surface area contributed by atoms with Gasteiger partial charge < -0.3 is 14.8 Å². The number of rotatable bonds is 5. The molecule has 1 aliphatic rings. The Morgan fingerprint density at radius 2 is 2.05 bits per heavy atom. The van der Waals surface area contributed by atoms with Gasteiger partial charge in [0.2, 0.25) is 5.91 Å². The average molecular weight is 326 g/mol. The van der Waals surface area contributed by atoms with Crippen LogP contribution in [-0.2, 0) is 11.2 Å². The molecule has 5 heteroatoms. The molecule has 0 bridgehead atoms. The number of amides is 1. The van der Waals surface area contributed by atoms with Gasteiger partial charge in [-0.05, 0) is 30.0 Å². The monoisotopic (exact) mass is 325 g/mol. The van der Waals surface area contributed by atoms with Gasteiger partial charge >= 0.3 is 0 Å². The molecule has 1 aromatic rings. The van der Waals surface area contributed by atoms with Crippen LogP contribution in [0.3, 0.4) is 0 Å². The first-order chi connectivity index (χ1) is 10.5. The summed E-state index contributed by atoms with van der Waals surface area (Å²) < 4.78 is 11.2. The highest BCUT2D eigenvalue weighted by atomic mass is 35.5. The van der Waals surface area contributed by atoms with Gasteiger partial charge in [-0.15, -0.1) is 0 Å². The van der Waals surface area contributed by atoms with Crippen LogP contribution in [-0.4, -0.2) is 25.2 Å². The van der Waals surface area contributed by atoms with Gasteiger partial charge in [0.1, 0.15) is 0 Å². The first-order valence-corrected chi connectivity index (χ1v) is 8.26. The van der Waals surface area contributed by atoms with Gasteiger partial charge in [-0.1, -0.05) is 32.4 Å². The van der Waals surface area contributed by atoms with Crippen molar-refractivity contribution in [3.63, 3.8) is 0 Å². The molecule has 1 heterocycles. The van der Waals surface area contributed by atoms with Crippen molar-refractivity contribution in [1.82, 2.24) is 5.32 Å². The normalized spacial score (nSPS) is 15.3. The zero-order valence-corrected chi connectivity index (χ0v) is 14.2. The Bertz CT molecular complexity index is 531. The molecule has 0 spiro atoms. The Kier molecular flexibility index (Phi) is 5.95. The van der Waals surface area contributed by atoms with Crippen LogP contribution in [0.2, 0.25) is 5.02 Å². The number of hydrogen-bond acceptors (Lipinski definition) is 3. The summed E-state index contributed by atoms with van der Waals surface area (Å²) >= 11 is 6.25. The Morgan fingerprint density at radius 1 is 1.32 bits per heavy atom. The van der Waals surface area contributed by atoms with Crippen molar-refractivity contribution < 1.29 is 14.3 Å². The molecule has 0 aromatic heterocycles. The number of carbonyl (C=O) groups excluding carboxylic acids is 1. The number of halogens is 1. The molecule has 0 aliphatic carbocycles. The number of carbonyl (C=O) groups is 1. The van der Waals surface area contributed by atoms with Crippen molar-refractivity contribution in [2.45, 2.75) is 46.1 Å². The molecule has 0 saturated heterocycles. The summed E-state index contributed by atoms with van der Waals surface area (Å²) in [5, 5.41) is 3.57. The highest BCUT2D eigenvalue weighted by Crippen LogP contribution is 2.38. The van der Waals surface area contributed by atoms with Gasteiger partial charge in [-0.25, -0.2) is 0 Å². The van der Waals surface area contributed by atoms with E-state index in [0.717, 1.165) is 18.4 Å². The van der Waals surface area contributed by atoms with Crippen molar-refractivity contribution in [3.05, 3.63) is 22.7 Å². The van der Waals surface area contributed by atoms with Crippen LogP contribution < -0.4 is 14.8 Å². The molecule has 122 valence electrons. The van der Waals surface area contributed by atoms with Gasteiger partial charge in [-0.2, -0.15) is 0 Å². The number of fused-ring (bicyclic) bond motifs is 1. The second kappa shape index (κ2) is 7.73. The van der Waals surface area contributed by atoms with E-state index < -0.39 is 0 Å². The van der Waals surface area contributed by atoms with Crippen LogP contribution >= 0.6 is 11.6 Å². The highest BCUT2D eigenvalue weighted by Gasteiger charge is 2.18. The van der Waals surface area contributed by atoms with Crippen LogP contribution in [0.4, 0.5) is 0 Å². The lowest BCUT2D eigenvalue weighted by atomic mass is 10.0. The number of ether oxygens (including phenoxy) is 2. The lowest BCUT2D eigenvalue weighted by molar-refractivity contribution is -0.121. The van der Waals surface area contributed by atoms with Gasteiger partial charge in [0, 0.05) is 12.5 Å². The predicted molar refractivity (Wildman–Crippen MR) is 87.8 cm³/mol. The maximum Gasteiger partial charge on any atom is 0.224 e. The molecule has 1 atom stereocenters. The van der Waals surface area contributed by atoms with Crippen molar-refractivity contribution in [2.75, 3.05) is 13.2 Å². The molecule has 1 unspecified atom stereocenters. The quantitative estimate of drug-likeness (QED) is 0.900. The molecular weight excluding hydrogens is 302 g/mol. The number of hydrogen-bond donors (Lipinski definition) is 1. The minimum atomic E-state index is 0.00565. The van der Waals surface area contributed by atoms with Gasteiger partial charge in [-0.3, -0.25) is 4.79 Å². The Balaban J connectivity index is 2.08. The van der Waals surface area contributed by atoms with Gasteiger partial charge in [0.25, 0.3) is 0 Å². The molecule has 22 heavy (non-hydrogen) atoms. The van der Waals surface area contributed by atoms with Crippen LogP contribution in [0.1, 0.15) is 39.2 Å². The summed E-state index contributed by atoms with van der Waals surface area (Å²) in [6.45, 7) is 7.50. The largest absolute Gasteiger partial charge is 0.489 e. The lowest BCUT2D eigenvalue weighted by Crippen LogP contribution is -2.38. The molecular formula is C17H24ClNO3. The summed E-state index contributed by atoms with van der Waals surface area (Å²) in [4.78, 5) is 12.2. The third kappa shape index (κ3) is 4.29. The van der Waals surface area contributed by atoms with Crippen LogP contribution in [0.25, 0.3) is 0 Å². The Hall–Kier alpha value is -1.42. The third-order valence-electron chi connectivity index (χ3n) is 3.82. The minimum Gasteiger partial charge on any atom is -0.489 e. The second-order valence-corrected chi connectivity index (χ2v) is 6.37. The fourth-order valence-corrected chi connectivity index (χ4v) is 2.86. The highest BCUT2D eigenvalue weighted by molar-refractivity contribution is 6.32. The molecule has 0 saturated carbocycles. The lowest BCUT2D eigenvalue weighted by Gasteiger charge is -2.21. The molecule has 0 radical (unpaired) electrons. The van der Waals surface area contributed by atoms with E-state index in [9.17, 15) is 4.79 Å². The van der Waals surface area contributed by atoms with E-state index >= 15 is 0 Å². The fourth-order valence-electron chi connectivity index (χ4n) is 2.57. The van der Waals surface area contributed by atoms with E-state index in [-0.39, 0.29) is 11.9 Å². The summed E-state index contributed by atoms with van der Waals surface area (Å²) in [6.07, 6.45) is 2.04. The Morgan fingerprint density at radius 3 is 2.73 bits per heavy atom. The van der Waals surface area contributed by atoms with E-state index in [2.05, 4.69) is 26.1 Å². The summed E-state index contributed by atoms with van der Waals surface area (Å²) in [5.74, 6) is 1.63. The number of benzene rings is 1. The number of nitrogens with one attached hydrogen (secondary N) is 1. The summed E-state index contributed by atoms with van der Waals surface area (Å²) in [6, 6.07) is 3.83. The van der Waals surface area contributed by atoms with Crippen molar-refractivity contribution >= 4 is 17.5 Å². The van der Waals surface area contributed by atoms with Crippen molar-refractivity contribution in [1.29, 1.82) is 0 Å². The summed E-state index contributed by atoms with van der Waals surface area (Å²) in [7, 11) is 0. The van der Waals surface area contributed by atoms with E-state index in [4.69, 9.17) is 21.1 Å². The predicted octanol–water partition coefficient (Wildman–Crippen LogP) is 3.59. The van der Waals surface area contributed by atoms with Gasteiger partial charge in [0.05, 0.1) is 24.7 Å². The van der Waals surface area contributed by atoms with Crippen LogP contribution in [0, 0.1) is 5.92 Å². The Labute approximate surface area is 137 Å². The molecule has 2 rings (SSSR count). The summed E-state index contributed by atoms with van der Waals surface area (Å²) in [5.41, 5.74) is 0.838. The van der Waals surface area contributed by atoms with Crippen molar-refractivity contribution in [3.8, 4) is 11.5 Å². The molecule has 1 aliphatic heterocycles. The topological polar surface area (TPSA) is 47.6 Å². The fraction of sp³-hybridized carbons (Fsp3) is 0.588. The molecule has 0 fully saturated rings. The molecule has 1 aromatic carbocycles. The van der Waals surface area contributed by atoms with Crippen LogP contribution in [0.5, 0.6) is 11.5 Å². The zero-order valence-electron chi connectivity index (χ0n) is 13.4. The van der Waals surface area contributed by atoms with E-state index in [1.54, 1.807) is 6.07 Å². The van der Waals surface area contributed by atoms with E-state index in [1.165, 1.54) is 0 Å². The maximum absolute atomic E-state index is 12.2. The SMILES string of the molecule is CCC(NC(=O)Cc1cc(Cl)c2c(c1)OCCCO2)C(C)C. The minimum absolute atomic E-state index is 0.00565. The van der Waals surface area contributed by atoms with E-state index in [1.807, 2.05) is 6.07 Å². The van der Waals surface area contributed by atoms with Crippen LogP contribution in [0.15, 0.2) is 12.1 Å². The molecule has 4 nitrogen and oxygen atoms in total. The first kappa shape index (κ1) is 16.9. The molecule has 1 N–H and O–H groups in total. The molecule has 1 amide bonds. The third-order valence-corrected chi connectivity index (χ3v) is 4.10. The van der Waals surface area contributed by atoms with Gasteiger partial charge in [0.15, 0.2) is 11.5 Å². The maximum atomic E-state index is 12.2. The van der Waals surface area contributed by atoms with Crippen molar-refractivity contribution in [2.24, 2.45) is 5.92 Å². The average Bonchev–Trinajstić information content (AvgIpc) is 2.70. The van der Waals surface area contributed by atoms with E-state index in [0.29, 0.717) is 42.1 Å². The first-order valence-electron chi connectivity index (χ1n) is 7.88. The second-order valence-electron chi connectivity index (χ2n) is 5.96. The zero-order chi connectivity index (χ0) is 16.1. The smallest absolute Gasteiger partial charge is 0.224 e. The standard InChI is InChI=1S/C17H24ClNO3/c1-4-14(11(2)3)19-16(20)10-12-8-13(18)17-15(9-12)21-6-5-7-22-17/h8-9,11,14H,4-7,10H2,1-3H3,(H,19,20).